The van der Waals surface area contributed by atoms with Gasteiger partial charge in [-0.1, -0.05) is 42.6 Å². The van der Waals surface area contributed by atoms with Gasteiger partial charge in [-0.15, -0.1) is 0 Å². The van der Waals surface area contributed by atoms with Gasteiger partial charge in [-0.2, -0.15) is 0 Å². The standard InChI is InChI=1S/C15H18Cl2O3/c1-3-5-12(15(19)20-4-2)14(18)8-10-6-7-11(16)9-13(10)17/h6-7,9,12H,3-5,8H2,1-2H3. The molecule has 20 heavy (non-hydrogen) atoms. The van der Waals surface area contributed by atoms with Crippen LogP contribution in [0.3, 0.4) is 0 Å². The zero-order valence-corrected chi connectivity index (χ0v) is 13.1. The fraction of sp³-hybridized carbons (Fsp3) is 0.467. The zero-order chi connectivity index (χ0) is 15.1. The highest BCUT2D eigenvalue weighted by Gasteiger charge is 2.27. The third kappa shape index (κ3) is 4.80. The predicted octanol–water partition coefficient (Wildman–Crippen LogP) is 4.08. The Labute approximate surface area is 129 Å². The van der Waals surface area contributed by atoms with Crippen molar-refractivity contribution in [3.05, 3.63) is 33.8 Å². The number of benzene rings is 1. The van der Waals surface area contributed by atoms with Crippen LogP contribution in [-0.2, 0) is 20.7 Å². The molecule has 1 aromatic carbocycles. The van der Waals surface area contributed by atoms with Crippen molar-refractivity contribution in [2.45, 2.75) is 33.1 Å². The van der Waals surface area contributed by atoms with Crippen molar-refractivity contribution in [1.29, 1.82) is 0 Å². The summed E-state index contributed by atoms with van der Waals surface area (Å²) in [4.78, 5) is 24.1. The maximum atomic E-state index is 12.3. The van der Waals surface area contributed by atoms with E-state index in [0.717, 1.165) is 6.42 Å². The Kier molecular flexibility index (Phi) is 7.03. The molecule has 0 fully saturated rings. The minimum absolute atomic E-state index is 0.111. The summed E-state index contributed by atoms with van der Waals surface area (Å²) in [5, 5.41) is 0.951. The van der Waals surface area contributed by atoms with E-state index >= 15 is 0 Å². The minimum atomic E-state index is -0.716. The molecule has 0 bridgehead atoms. The predicted molar refractivity (Wildman–Crippen MR) is 80.2 cm³/mol. The number of Topliss-reactive ketones (excluding diaryl/α,β-unsaturated/α-hetero) is 1. The van der Waals surface area contributed by atoms with Crippen LogP contribution in [0.4, 0.5) is 0 Å². The van der Waals surface area contributed by atoms with Crippen molar-refractivity contribution in [2.75, 3.05) is 6.61 Å². The lowest BCUT2D eigenvalue weighted by Crippen LogP contribution is -2.27. The van der Waals surface area contributed by atoms with Crippen LogP contribution in [0, 0.1) is 5.92 Å². The SMILES string of the molecule is CCCC(C(=O)Cc1ccc(Cl)cc1Cl)C(=O)OCC. The molecule has 0 amide bonds. The van der Waals surface area contributed by atoms with E-state index in [-0.39, 0.29) is 18.8 Å². The first-order chi connectivity index (χ1) is 9.49. The summed E-state index contributed by atoms with van der Waals surface area (Å²) in [6, 6.07) is 4.97. The van der Waals surface area contributed by atoms with E-state index in [4.69, 9.17) is 27.9 Å². The molecule has 0 saturated heterocycles. The maximum Gasteiger partial charge on any atom is 0.316 e. The molecule has 0 radical (unpaired) electrons. The highest BCUT2D eigenvalue weighted by atomic mass is 35.5. The molecule has 0 N–H and O–H groups in total. The Hall–Kier alpha value is -1.06. The number of hydrogen-bond donors (Lipinski definition) is 0. The van der Waals surface area contributed by atoms with Crippen LogP contribution in [0.25, 0.3) is 0 Å². The smallest absolute Gasteiger partial charge is 0.316 e. The molecule has 0 aliphatic heterocycles. The van der Waals surface area contributed by atoms with Gasteiger partial charge >= 0.3 is 5.97 Å². The number of ketones is 1. The number of ether oxygens (including phenoxy) is 1. The van der Waals surface area contributed by atoms with Gasteiger partial charge in [0, 0.05) is 16.5 Å². The first-order valence-electron chi connectivity index (χ1n) is 6.62. The third-order valence-corrected chi connectivity index (χ3v) is 3.50. The lowest BCUT2D eigenvalue weighted by Gasteiger charge is -2.14. The van der Waals surface area contributed by atoms with Crippen LogP contribution < -0.4 is 0 Å². The summed E-state index contributed by atoms with van der Waals surface area (Å²) < 4.78 is 4.95. The molecule has 1 aromatic rings. The average molecular weight is 317 g/mol. The second-order valence-corrected chi connectivity index (χ2v) is 5.32. The molecule has 0 spiro atoms. The molecular weight excluding hydrogens is 299 g/mol. The number of halogens is 2. The van der Waals surface area contributed by atoms with Crippen LogP contribution in [0.1, 0.15) is 32.3 Å². The molecule has 0 saturated carbocycles. The monoisotopic (exact) mass is 316 g/mol. The molecule has 0 aromatic heterocycles. The summed E-state index contributed by atoms with van der Waals surface area (Å²) in [5.74, 6) is -1.34. The van der Waals surface area contributed by atoms with Crippen LogP contribution in [0.15, 0.2) is 18.2 Å². The molecule has 0 heterocycles. The van der Waals surface area contributed by atoms with Crippen molar-refractivity contribution in [3.63, 3.8) is 0 Å². The third-order valence-electron chi connectivity index (χ3n) is 2.92. The zero-order valence-electron chi connectivity index (χ0n) is 11.6. The molecule has 3 nitrogen and oxygen atoms in total. The second-order valence-electron chi connectivity index (χ2n) is 4.47. The molecule has 0 aliphatic rings. The van der Waals surface area contributed by atoms with Gasteiger partial charge in [0.15, 0.2) is 5.78 Å². The van der Waals surface area contributed by atoms with Crippen molar-refractivity contribution in [3.8, 4) is 0 Å². The Morgan fingerprint density at radius 1 is 1.25 bits per heavy atom. The fourth-order valence-electron chi connectivity index (χ4n) is 1.92. The molecule has 1 unspecified atom stereocenters. The van der Waals surface area contributed by atoms with Gasteiger partial charge in [0.1, 0.15) is 5.92 Å². The number of carbonyl (C=O) groups is 2. The lowest BCUT2D eigenvalue weighted by molar-refractivity contribution is -0.151. The summed E-state index contributed by atoms with van der Waals surface area (Å²) in [7, 11) is 0. The first-order valence-corrected chi connectivity index (χ1v) is 7.38. The lowest BCUT2D eigenvalue weighted by atomic mass is 9.94. The molecular formula is C15H18Cl2O3. The van der Waals surface area contributed by atoms with Gasteiger partial charge in [0.05, 0.1) is 6.61 Å². The normalized spacial score (nSPS) is 12.0. The van der Waals surface area contributed by atoms with Gasteiger partial charge < -0.3 is 4.74 Å². The van der Waals surface area contributed by atoms with Gasteiger partial charge in [0.2, 0.25) is 0 Å². The van der Waals surface area contributed by atoms with Crippen LogP contribution in [0.5, 0.6) is 0 Å². The Balaban J connectivity index is 2.82. The van der Waals surface area contributed by atoms with Gasteiger partial charge in [-0.25, -0.2) is 0 Å². The van der Waals surface area contributed by atoms with E-state index in [1.54, 1.807) is 25.1 Å². The Morgan fingerprint density at radius 2 is 1.95 bits per heavy atom. The second kappa shape index (κ2) is 8.28. The van der Waals surface area contributed by atoms with Crippen molar-refractivity contribution in [2.24, 2.45) is 5.92 Å². The molecule has 0 aliphatic carbocycles. The van der Waals surface area contributed by atoms with E-state index in [1.165, 1.54) is 0 Å². The summed E-state index contributed by atoms with van der Waals surface area (Å²) >= 11 is 11.9. The Bertz CT molecular complexity index is 486. The summed E-state index contributed by atoms with van der Waals surface area (Å²) in [6.45, 7) is 3.92. The van der Waals surface area contributed by atoms with Gasteiger partial charge in [-0.3, -0.25) is 9.59 Å². The van der Waals surface area contributed by atoms with Crippen molar-refractivity contribution < 1.29 is 14.3 Å². The quantitative estimate of drug-likeness (QED) is 0.562. The number of carbonyl (C=O) groups excluding carboxylic acids is 2. The van der Waals surface area contributed by atoms with Crippen LogP contribution in [-0.4, -0.2) is 18.4 Å². The largest absolute Gasteiger partial charge is 0.465 e. The summed E-state index contributed by atoms with van der Waals surface area (Å²) in [6.07, 6.45) is 1.34. The van der Waals surface area contributed by atoms with E-state index in [9.17, 15) is 9.59 Å². The number of hydrogen-bond acceptors (Lipinski definition) is 3. The number of rotatable bonds is 7. The molecule has 5 heteroatoms. The van der Waals surface area contributed by atoms with E-state index in [1.807, 2.05) is 6.92 Å². The van der Waals surface area contributed by atoms with E-state index < -0.39 is 11.9 Å². The minimum Gasteiger partial charge on any atom is -0.465 e. The molecule has 110 valence electrons. The summed E-state index contributed by atoms with van der Waals surface area (Å²) in [5.41, 5.74) is 0.673. The molecule has 1 rings (SSSR count). The highest BCUT2D eigenvalue weighted by Crippen LogP contribution is 2.23. The number of esters is 1. The van der Waals surface area contributed by atoms with Crippen LogP contribution >= 0.6 is 23.2 Å². The topological polar surface area (TPSA) is 43.4 Å². The fourth-order valence-corrected chi connectivity index (χ4v) is 2.39. The van der Waals surface area contributed by atoms with Gasteiger partial charge in [0.25, 0.3) is 0 Å². The van der Waals surface area contributed by atoms with Crippen molar-refractivity contribution >= 4 is 35.0 Å². The first kappa shape index (κ1) is 17.0. The van der Waals surface area contributed by atoms with Crippen molar-refractivity contribution in [1.82, 2.24) is 0 Å². The Morgan fingerprint density at radius 3 is 2.50 bits per heavy atom. The van der Waals surface area contributed by atoms with Gasteiger partial charge in [-0.05, 0) is 31.0 Å². The van der Waals surface area contributed by atoms with E-state index in [2.05, 4.69) is 0 Å². The molecule has 1 atom stereocenters. The average Bonchev–Trinajstić information content (AvgIpc) is 2.39. The van der Waals surface area contributed by atoms with Crippen LogP contribution in [0.2, 0.25) is 10.0 Å². The maximum absolute atomic E-state index is 12.3. The van der Waals surface area contributed by atoms with E-state index in [0.29, 0.717) is 22.0 Å². The highest BCUT2D eigenvalue weighted by molar-refractivity contribution is 6.35.